The van der Waals surface area contributed by atoms with Crippen LogP contribution in [0, 0.1) is 0 Å². The average Bonchev–Trinajstić information content (AvgIpc) is 2.93. The molecular weight excluding hydrogens is 278 g/mol. The van der Waals surface area contributed by atoms with Crippen molar-refractivity contribution in [3.63, 3.8) is 0 Å². The number of hydrogen-bond donors (Lipinski definition) is 2. The average molecular weight is 297 g/mol. The van der Waals surface area contributed by atoms with E-state index in [1.54, 1.807) is 13.2 Å². The fraction of sp³-hybridized carbons (Fsp3) is 0.500. The van der Waals surface area contributed by atoms with Gasteiger partial charge in [-0.3, -0.25) is 4.79 Å². The molecule has 1 fully saturated rings. The van der Waals surface area contributed by atoms with Crippen LogP contribution in [0.5, 0.6) is 11.5 Å². The first-order valence-electron chi connectivity index (χ1n) is 6.50. The summed E-state index contributed by atoms with van der Waals surface area (Å²) in [6.45, 7) is 0. The van der Waals surface area contributed by atoms with E-state index in [0.717, 1.165) is 23.5 Å². The number of carboxylic acids is 1. The van der Waals surface area contributed by atoms with E-state index in [4.69, 9.17) is 20.3 Å². The number of nitrogens with two attached hydrogens (primary N) is 1. The fourth-order valence-electron chi connectivity index (χ4n) is 2.06. The van der Waals surface area contributed by atoms with E-state index in [-0.39, 0.29) is 12.5 Å². The Morgan fingerprint density at radius 1 is 1.55 bits per heavy atom. The highest BCUT2D eigenvalue weighted by Crippen LogP contribution is 2.32. The maximum atomic E-state index is 10.8. The van der Waals surface area contributed by atoms with Gasteiger partial charge in [0, 0.05) is 5.75 Å². The second kappa shape index (κ2) is 6.85. The van der Waals surface area contributed by atoms with Crippen LogP contribution in [-0.2, 0) is 11.2 Å². The summed E-state index contributed by atoms with van der Waals surface area (Å²) >= 11 is 1.88. The predicted octanol–water partition coefficient (Wildman–Crippen LogP) is 1.53. The van der Waals surface area contributed by atoms with Crippen LogP contribution in [0.15, 0.2) is 18.2 Å². The smallest absolute Gasteiger partial charge is 0.320 e. The molecule has 0 saturated carbocycles. The third kappa shape index (κ3) is 3.80. The van der Waals surface area contributed by atoms with Crippen molar-refractivity contribution < 1.29 is 19.4 Å². The Balaban J connectivity index is 2.08. The molecule has 1 saturated heterocycles. The number of ether oxygens (including phenoxy) is 2. The lowest BCUT2D eigenvalue weighted by Crippen LogP contribution is -2.32. The van der Waals surface area contributed by atoms with Crippen molar-refractivity contribution in [2.45, 2.75) is 25.0 Å². The minimum Gasteiger partial charge on any atom is -0.493 e. The van der Waals surface area contributed by atoms with Gasteiger partial charge in [0.15, 0.2) is 11.5 Å². The first-order chi connectivity index (χ1) is 9.60. The minimum atomic E-state index is -1.01. The lowest BCUT2D eigenvalue weighted by atomic mass is 10.1. The summed E-state index contributed by atoms with van der Waals surface area (Å²) < 4.78 is 11.2. The van der Waals surface area contributed by atoms with Crippen LogP contribution in [0.3, 0.4) is 0 Å². The molecule has 110 valence electrons. The second-order valence-corrected chi connectivity index (χ2v) is 5.89. The molecule has 2 unspecified atom stereocenters. The lowest BCUT2D eigenvalue weighted by Gasteiger charge is -2.16. The molecule has 0 aromatic heterocycles. The first-order valence-corrected chi connectivity index (χ1v) is 7.65. The van der Waals surface area contributed by atoms with Crippen molar-refractivity contribution in [3.05, 3.63) is 23.8 Å². The van der Waals surface area contributed by atoms with Gasteiger partial charge in [-0.1, -0.05) is 6.07 Å². The zero-order valence-corrected chi connectivity index (χ0v) is 12.2. The number of carboxylic acid groups (broad SMARTS) is 1. The quantitative estimate of drug-likeness (QED) is 0.829. The van der Waals surface area contributed by atoms with Crippen molar-refractivity contribution in [3.8, 4) is 11.5 Å². The SMILES string of the molecule is COc1cc(CC(N)C(=O)O)ccc1OC1CCSC1. The Kier molecular flexibility index (Phi) is 5.14. The Hall–Kier alpha value is -1.40. The lowest BCUT2D eigenvalue weighted by molar-refractivity contribution is -0.138. The van der Waals surface area contributed by atoms with E-state index in [2.05, 4.69) is 0 Å². The standard InChI is InChI=1S/C14H19NO4S/c1-18-13-7-9(6-11(15)14(16)17)2-3-12(13)19-10-4-5-20-8-10/h2-3,7,10-11H,4-6,8,15H2,1H3,(H,16,17). The Labute approximate surface area is 122 Å². The number of benzene rings is 1. The first kappa shape index (κ1) is 15.0. The molecule has 1 aliphatic rings. The molecule has 20 heavy (non-hydrogen) atoms. The van der Waals surface area contributed by atoms with Gasteiger partial charge >= 0.3 is 5.97 Å². The topological polar surface area (TPSA) is 81.8 Å². The van der Waals surface area contributed by atoms with E-state index < -0.39 is 12.0 Å². The van der Waals surface area contributed by atoms with Crippen LogP contribution in [0.25, 0.3) is 0 Å². The highest BCUT2D eigenvalue weighted by molar-refractivity contribution is 7.99. The van der Waals surface area contributed by atoms with Gasteiger partial charge in [-0.25, -0.2) is 0 Å². The zero-order valence-electron chi connectivity index (χ0n) is 11.4. The number of rotatable bonds is 6. The molecule has 1 aromatic carbocycles. The minimum absolute atomic E-state index is 0.223. The summed E-state index contributed by atoms with van der Waals surface area (Å²) in [5.41, 5.74) is 6.36. The maximum Gasteiger partial charge on any atom is 0.320 e. The third-order valence-corrected chi connectivity index (χ3v) is 4.31. The largest absolute Gasteiger partial charge is 0.493 e. The van der Waals surface area contributed by atoms with E-state index >= 15 is 0 Å². The predicted molar refractivity (Wildman–Crippen MR) is 78.7 cm³/mol. The van der Waals surface area contributed by atoms with Gasteiger partial charge in [-0.15, -0.1) is 0 Å². The monoisotopic (exact) mass is 297 g/mol. The molecule has 1 aromatic rings. The molecule has 0 aliphatic carbocycles. The summed E-state index contributed by atoms with van der Waals surface area (Å²) in [6.07, 6.45) is 1.53. The number of methoxy groups -OCH3 is 1. The normalized spacial score (nSPS) is 19.6. The van der Waals surface area contributed by atoms with Crippen LogP contribution in [-0.4, -0.2) is 41.8 Å². The van der Waals surface area contributed by atoms with Crippen LogP contribution >= 0.6 is 11.8 Å². The van der Waals surface area contributed by atoms with Crippen molar-refractivity contribution >= 4 is 17.7 Å². The molecule has 1 aliphatic heterocycles. The Morgan fingerprint density at radius 2 is 2.35 bits per heavy atom. The summed E-state index contributed by atoms with van der Waals surface area (Å²) in [5.74, 6) is 2.43. The number of carbonyl (C=O) groups is 1. The van der Waals surface area contributed by atoms with E-state index in [1.807, 2.05) is 23.9 Å². The molecule has 3 N–H and O–H groups in total. The third-order valence-electron chi connectivity index (χ3n) is 3.18. The van der Waals surface area contributed by atoms with E-state index in [9.17, 15) is 4.79 Å². The number of aliphatic carboxylic acids is 1. The van der Waals surface area contributed by atoms with E-state index in [1.165, 1.54) is 0 Å². The Bertz CT molecular complexity index is 474. The second-order valence-electron chi connectivity index (χ2n) is 4.74. The van der Waals surface area contributed by atoms with Gasteiger partial charge in [0.25, 0.3) is 0 Å². The molecule has 0 radical (unpaired) electrons. The molecule has 1 heterocycles. The maximum absolute atomic E-state index is 10.8. The van der Waals surface area contributed by atoms with Crippen molar-refractivity contribution in [1.29, 1.82) is 0 Å². The molecule has 0 spiro atoms. The van der Waals surface area contributed by atoms with Crippen LogP contribution in [0.2, 0.25) is 0 Å². The summed E-state index contributed by atoms with van der Waals surface area (Å²) in [6, 6.07) is 4.55. The summed E-state index contributed by atoms with van der Waals surface area (Å²) in [4.78, 5) is 10.8. The molecular formula is C14H19NO4S. The van der Waals surface area contributed by atoms with Gasteiger partial charge in [-0.05, 0) is 36.3 Å². The Morgan fingerprint density at radius 3 is 2.95 bits per heavy atom. The van der Waals surface area contributed by atoms with Crippen molar-refractivity contribution in [1.82, 2.24) is 0 Å². The summed E-state index contributed by atoms with van der Waals surface area (Å²) in [5, 5.41) is 8.83. The van der Waals surface area contributed by atoms with Crippen LogP contribution in [0.1, 0.15) is 12.0 Å². The molecule has 6 heteroatoms. The highest BCUT2D eigenvalue weighted by atomic mass is 32.2. The van der Waals surface area contributed by atoms with Gasteiger partial charge in [0.1, 0.15) is 12.1 Å². The van der Waals surface area contributed by atoms with Gasteiger partial charge < -0.3 is 20.3 Å². The number of thioether (sulfide) groups is 1. The van der Waals surface area contributed by atoms with Gasteiger partial charge in [-0.2, -0.15) is 11.8 Å². The van der Waals surface area contributed by atoms with Crippen LogP contribution in [0.4, 0.5) is 0 Å². The van der Waals surface area contributed by atoms with Gasteiger partial charge in [0.05, 0.1) is 7.11 Å². The zero-order chi connectivity index (χ0) is 14.5. The molecule has 5 nitrogen and oxygen atoms in total. The van der Waals surface area contributed by atoms with Crippen molar-refractivity contribution in [2.75, 3.05) is 18.6 Å². The highest BCUT2D eigenvalue weighted by Gasteiger charge is 2.19. The van der Waals surface area contributed by atoms with E-state index in [0.29, 0.717) is 11.5 Å². The number of hydrogen-bond acceptors (Lipinski definition) is 5. The van der Waals surface area contributed by atoms with Gasteiger partial charge in [0.2, 0.25) is 0 Å². The van der Waals surface area contributed by atoms with Crippen molar-refractivity contribution in [2.24, 2.45) is 5.73 Å². The molecule has 2 rings (SSSR count). The van der Waals surface area contributed by atoms with Crippen LogP contribution < -0.4 is 15.2 Å². The molecule has 0 bridgehead atoms. The molecule has 0 amide bonds. The molecule has 2 atom stereocenters. The fourth-order valence-corrected chi connectivity index (χ4v) is 3.16. The summed E-state index contributed by atoms with van der Waals surface area (Å²) in [7, 11) is 1.58.